The zero-order valence-electron chi connectivity index (χ0n) is 9.89. The van der Waals surface area contributed by atoms with Crippen molar-refractivity contribution in [1.29, 1.82) is 0 Å². The third kappa shape index (κ3) is 3.39. The topological polar surface area (TPSA) is 95.9 Å². The van der Waals surface area contributed by atoms with Crippen LogP contribution in [0.15, 0.2) is 0 Å². The number of halogens is 1. The Kier molecular flexibility index (Phi) is 5.02. The number of carboxylic acid groups (broad SMARTS) is 1. The number of ether oxygens (including phenoxy) is 1. The number of carbonyl (C=O) groups excluding carboxylic acids is 2. The molecule has 1 saturated heterocycles. The predicted molar refractivity (Wildman–Crippen MR) is 57.4 cm³/mol. The van der Waals surface area contributed by atoms with Crippen molar-refractivity contribution in [2.75, 3.05) is 20.4 Å². The maximum absolute atomic E-state index is 12.6. The number of amides is 2. The average molecular weight is 262 g/mol. The highest BCUT2D eigenvalue weighted by Crippen LogP contribution is 2.24. The molecule has 2 atom stereocenters. The number of methoxy groups -OCH3 is 1. The lowest BCUT2D eigenvalue weighted by atomic mass is 9.91. The van der Waals surface area contributed by atoms with E-state index in [0.717, 1.165) is 4.90 Å². The van der Waals surface area contributed by atoms with Crippen molar-refractivity contribution in [2.24, 2.45) is 5.92 Å². The van der Waals surface area contributed by atoms with E-state index in [2.05, 4.69) is 10.1 Å². The fraction of sp³-hybridized carbons (Fsp3) is 0.700. The summed E-state index contributed by atoms with van der Waals surface area (Å²) in [5, 5.41) is 11.3. The van der Waals surface area contributed by atoms with E-state index in [-0.39, 0.29) is 26.1 Å². The lowest BCUT2D eigenvalue weighted by molar-refractivity contribution is -0.138. The molecule has 2 amide bonds. The molecule has 1 rings (SSSR count). The number of hydrogen-bond donors (Lipinski definition) is 2. The Morgan fingerprint density at radius 3 is 2.67 bits per heavy atom. The molecule has 0 saturated carbocycles. The highest BCUT2D eigenvalue weighted by Gasteiger charge is 2.38. The molecule has 0 radical (unpaired) electrons. The molecule has 0 spiro atoms. The highest BCUT2D eigenvalue weighted by atomic mass is 19.1. The third-order valence-corrected chi connectivity index (χ3v) is 2.86. The number of likely N-dealkylation sites (tertiary alicyclic amines) is 1. The molecule has 0 bridgehead atoms. The molecule has 102 valence electrons. The molecular formula is C10H15FN2O5. The zero-order chi connectivity index (χ0) is 13.7. The molecule has 0 aromatic rings. The van der Waals surface area contributed by atoms with Crippen LogP contribution in [0.4, 0.5) is 9.18 Å². The van der Waals surface area contributed by atoms with Crippen molar-refractivity contribution in [3.63, 3.8) is 0 Å². The summed E-state index contributed by atoms with van der Waals surface area (Å²) in [5.74, 6) is -1.51. The smallest absolute Gasteiger partial charge is 0.407 e. The van der Waals surface area contributed by atoms with E-state index in [1.807, 2.05) is 0 Å². The van der Waals surface area contributed by atoms with Gasteiger partial charge in [0, 0.05) is 13.7 Å². The maximum atomic E-state index is 12.6. The summed E-state index contributed by atoms with van der Waals surface area (Å²) >= 11 is 0. The van der Waals surface area contributed by atoms with Gasteiger partial charge in [0.25, 0.3) is 0 Å². The van der Waals surface area contributed by atoms with Crippen molar-refractivity contribution < 1.29 is 28.6 Å². The van der Waals surface area contributed by atoms with Gasteiger partial charge in [-0.3, -0.25) is 14.5 Å². The summed E-state index contributed by atoms with van der Waals surface area (Å²) in [5.41, 5.74) is 0. The number of rotatable bonds is 4. The summed E-state index contributed by atoms with van der Waals surface area (Å²) in [7, 11) is 1.37. The Hall–Kier alpha value is -1.70. The van der Waals surface area contributed by atoms with Crippen LogP contribution in [0.1, 0.15) is 12.8 Å². The maximum Gasteiger partial charge on any atom is 0.407 e. The van der Waals surface area contributed by atoms with Crippen LogP contribution in [0.3, 0.4) is 0 Å². The standard InChI is InChI=1S/C10H15FN2O5/c1-18-5-12-9(15)7-4-6(8(11)14)2-3-13(7)10(16)17/h6-7H,2-5H2,1H3,(H,12,15)(H,16,17). The number of piperidine rings is 1. The van der Waals surface area contributed by atoms with Gasteiger partial charge in [0.05, 0.1) is 5.92 Å². The summed E-state index contributed by atoms with van der Waals surface area (Å²) in [4.78, 5) is 34.2. The molecular weight excluding hydrogens is 247 g/mol. The normalized spacial score (nSPS) is 23.6. The second-order valence-corrected chi connectivity index (χ2v) is 3.99. The van der Waals surface area contributed by atoms with E-state index in [0.29, 0.717) is 0 Å². The van der Waals surface area contributed by atoms with Crippen molar-refractivity contribution in [1.82, 2.24) is 10.2 Å². The van der Waals surface area contributed by atoms with Gasteiger partial charge in [-0.05, 0) is 12.8 Å². The van der Waals surface area contributed by atoms with Crippen molar-refractivity contribution in [2.45, 2.75) is 18.9 Å². The van der Waals surface area contributed by atoms with Gasteiger partial charge in [-0.15, -0.1) is 0 Å². The van der Waals surface area contributed by atoms with Gasteiger partial charge in [0.15, 0.2) is 0 Å². The van der Waals surface area contributed by atoms with Crippen LogP contribution in [0.5, 0.6) is 0 Å². The van der Waals surface area contributed by atoms with Gasteiger partial charge >= 0.3 is 12.1 Å². The monoisotopic (exact) mass is 262 g/mol. The zero-order valence-corrected chi connectivity index (χ0v) is 9.89. The second kappa shape index (κ2) is 6.29. The minimum absolute atomic E-state index is 0.0409. The van der Waals surface area contributed by atoms with Gasteiger partial charge in [-0.25, -0.2) is 4.79 Å². The summed E-state index contributed by atoms with van der Waals surface area (Å²) in [6, 6.07) is -2.57. The molecule has 0 aliphatic carbocycles. The molecule has 1 aliphatic heterocycles. The largest absolute Gasteiger partial charge is 0.465 e. The first kappa shape index (κ1) is 14.4. The molecule has 1 fully saturated rings. The molecule has 1 heterocycles. The van der Waals surface area contributed by atoms with Crippen LogP contribution >= 0.6 is 0 Å². The van der Waals surface area contributed by atoms with Crippen LogP contribution < -0.4 is 5.32 Å². The Balaban J connectivity index is 2.74. The number of hydrogen-bond acceptors (Lipinski definition) is 4. The lowest BCUT2D eigenvalue weighted by Crippen LogP contribution is -2.54. The van der Waals surface area contributed by atoms with Gasteiger partial charge in [-0.2, -0.15) is 4.39 Å². The van der Waals surface area contributed by atoms with E-state index >= 15 is 0 Å². The SMILES string of the molecule is COCNC(=O)C1CC(C(=O)F)CCN1C(=O)O. The van der Waals surface area contributed by atoms with Crippen LogP contribution in [0.25, 0.3) is 0 Å². The second-order valence-electron chi connectivity index (χ2n) is 3.99. The van der Waals surface area contributed by atoms with Crippen molar-refractivity contribution in [3.8, 4) is 0 Å². The average Bonchev–Trinajstić information content (AvgIpc) is 2.34. The molecule has 0 aromatic carbocycles. The van der Waals surface area contributed by atoms with E-state index < -0.39 is 30.0 Å². The van der Waals surface area contributed by atoms with Gasteiger partial charge in [-0.1, -0.05) is 0 Å². The molecule has 1 aliphatic rings. The first-order valence-corrected chi connectivity index (χ1v) is 5.43. The Labute approximate surface area is 103 Å². The van der Waals surface area contributed by atoms with Gasteiger partial charge in [0.2, 0.25) is 5.91 Å². The summed E-state index contributed by atoms with van der Waals surface area (Å²) in [6.07, 6.45) is -1.32. The fourth-order valence-corrected chi connectivity index (χ4v) is 1.91. The first-order chi connectivity index (χ1) is 8.47. The fourth-order valence-electron chi connectivity index (χ4n) is 1.91. The van der Waals surface area contributed by atoms with Crippen LogP contribution in [0, 0.1) is 5.92 Å². The molecule has 0 aromatic heterocycles. The summed E-state index contributed by atoms with van der Waals surface area (Å²) < 4.78 is 17.3. The quantitative estimate of drug-likeness (QED) is 0.547. The van der Waals surface area contributed by atoms with Crippen LogP contribution in [0.2, 0.25) is 0 Å². The number of carbonyl (C=O) groups is 3. The van der Waals surface area contributed by atoms with E-state index in [4.69, 9.17) is 5.11 Å². The van der Waals surface area contributed by atoms with Crippen LogP contribution in [-0.2, 0) is 14.3 Å². The Morgan fingerprint density at radius 2 is 2.17 bits per heavy atom. The van der Waals surface area contributed by atoms with Crippen molar-refractivity contribution in [3.05, 3.63) is 0 Å². The molecule has 7 nitrogen and oxygen atoms in total. The molecule has 18 heavy (non-hydrogen) atoms. The Bertz CT molecular complexity index is 349. The molecule has 2 N–H and O–H groups in total. The minimum Gasteiger partial charge on any atom is -0.465 e. The van der Waals surface area contributed by atoms with Crippen molar-refractivity contribution >= 4 is 18.0 Å². The van der Waals surface area contributed by atoms with Gasteiger partial charge in [0.1, 0.15) is 12.8 Å². The number of nitrogens with zero attached hydrogens (tertiary/aromatic N) is 1. The minimum atomic E-state index is -1.51. The van der Waals surface area contributed by atoms with E-state index in [1.54, 1.807) is 0 Å². The highest BCUT2D eigenvalue weighted by molar-refractivity contribution is 5.86. The van der Waals surface area contributed by atoms with Crippen LogP contribution in [-0.4, -0.2) is 54.5 Å². The van der Waals surface area contributed by atoms with E-state index in [1.165, 1.54) is 7.11 Å². The Morgan fingerprint density at radius 1 is 1.50 bits per heavy atom. The van der Waals surface area contributed by atoms with E-state index in [9.17, 15) is 18.8 Å². The molecule has 8 heteroatoms. The predicted octanol–water partition coefficient (Wildman–Crippen LogP) is -0.0388. The first-order valence-electron chi connectivity index (χ1n) is 5.43. The number of nitrogens with one attached hydrogen (secondary N) is 1. The summed E-state index contributed by atoms with van der Waals surface area (Å²) in [6.45, 7) is -0.113. The third-order valence-electron chi connectivity index (χ3n) is 2.86. The molecule has 2 unspecified atom stereocenters. The van der Waals surface area contributed by atoms with Gasteiger partial charge < -0.3 is 15.2 Å². The lowest BCUT2D eigenvalue weighted by Gasteiger charge is -2.35.